The van der Waals surface area contributed by atoms with Crippen molar-refractivity contribution in [1.82, 2.24) is 10.2 Å². The fraction of sp³-hybridized carbons (Fsp3) is 0.310. The van der Waals surface area contributed by atoms with Crippen molar-refractivity contribution in [2.75, 3.05) is 20.3 Å². The van der Waals surface area contributed by atoms with Gasteiger partial charge < -0.3 is 19.7 Å². The molecule has 188 valence electrons. The van der Waals surface area contributed by atoms with Crippen LogP contribution in [0.4, 0.5) is 0 Å². The van der Waals surface area contributed by atoms with E-state index in [9.17, 15) is 9.59 Å². The number of amides is 2. The Morgan fingerprint density at radius 1 is 1.03 bits per heavy atom. The second kappa shape index (κ2) is 12.6. The molecule has 7 heteroatoms. The zero-order valence-corrected chi connectivity index (χ0v) is 21.1. The quantitative estimate of drug-likeness (QED) is 0.422. The van der Waals surface area contributed by atoms with Crippen molar-refractivity contribution in [2.45, 2.75) is 38.0 Å². The third-order valence-electron chi connectivity index (χ3n) is 6.30. The molecule has 0 aromatic heterocycles. The van der Waals surface area contributed by atoms with E-state index in [-0.39, 0.29) is 30.9 Å². The highest BCUT2D eigenvalue weighted by molar-refractivity contribution is 6.30. The molecular weight excluding hydrogens is 476 g/mol. The van der Waals surface area contributed by atoms with Gasteiger partial charge in [-0.25, -0.2) is 0 Å². The summed E-state index contributed by atoms with van der Waals surface area (Å²) in [5.74, 6) is 0.343. The summed E-state index contributed by atoms with van der Waals surface area (Å²) in [7, 11) is 1.61. The number of methoxy groups -OCH3 is 1. The molecule has 2 atom stereocenters. The third kappa shape index (κ3) is 6.86. The van der Waals surface area contributed by atoms with Crippen molar-refractivity contribution in [3.05, 3.63) is 101 Å². The lowest BCUT2D eigenvalue weighted by Gasteiger charge is -2.32. The van der Waals surface area contributed by atoms with Gasteiger partial charge in [-0.15, -0.1) is 0 Å². The van der Waals surface area contributed by atoms with Crippen molar-refractivity contribution in [2.24, 2.45) is 0 Å². The molecule has 0 saturated carbocycles. The van der Waals surface area contributed by atoms with Crippen molar-refractivity contribution >= 4 is 23.4 Å². The number of nitrogens with zero attached hydrogens (tertiary/aromatic N) is 1. The van der Waals surface area contributed by atoms with Gasteiger partial charge in [0.2, 0.25) is 11.8 Å². The summed E-state index contributed by atoms with van der Waals surface area (Å²) in [6, 6.07) is 23.3. The Hall–Kier alpha value is -3.35. The Kier molecular flexibility index (Phi) is 8.98. The molecule has 1 N–H and O–H groups in total. The summed E-state index contributed by atoms with van der Waals surface area (Å²) >= 11 is 6.03. The van der Waals surface area contributed by atoms with Crippen LogP contribution in [0, 0.1) is 0 Å². The molecule has 0 radical (unpaired) electrons. The maximum atomic E-state index is 13.8. The van der Waals surface area contributed by atoms with E-state index in [2.05, 4.69) is 5.32 Å². The minimum Gasteiger partial charge on any atom is -0.497 e. The van der Waals surface area contributed by atoms with Crippen molar-refractivity contribution in [1.29, 1.82) is 0 Å². The normalized spacial score (nSPS) is 15.8. The van der Waals surface area contributed by atoms with E-state index in [0.29, 0.717) is 18.2 Å². The van der Waals surface area contributed by atoms with Gasteiger partial charge >= 0.3 is 0 Å². The Bertz CT molecular complexity index is 1130. The van der Waals surface area contributed by atoms with Gasteiger partial charge in [0, 0.05) is 24.7 Å². The van der Waals surface area contributed by atoms with Gasteiger partial charge in [0.15, 0.2) is 0 Å². The molecule has 1 heterocycles. The average Bonchev–Trinajstić information content (AvgIpc) is 3.43. The van der Waals surface area contributed by atoms with E-state index in [1.165, 1.54) is 0 Å². The predicted molar refractivity (Wildman–Crippen MR) is 140 cm³/mol. The van der Waals surface area contributed by atoms with Crippen molar-refractivity contribution in [3.8, 4) is 5.75 Å². The molecule has 36 heavy (non-hydrogen) atoms. The fourth-order valence-electron chi connectivity index (χ4n) is 4.35. The van der Waals surface area contributed by atoms with Crippen LogP contribution in [0.15, 0.2) is 78.9 Å². The number of benzene rings is 3. The molecule has 0 unspecified atom stereocenters. The lowest BCUT2D eigenvalue weighted by molar-refractivity contribution is -0.141. The number of hydrogen-bond acceptors (Lipinski definition) is 4. The van der Waals surface area contributed by atoms with Crippen LogP contribution in [0.5, 0.6) is 5.75 Å². The largest absolute Gasteiger partial charge is 0.497 e. The van der Waals surface area contributed by atoms with E-state index >= 15 is 0 Å². The second-order valence-electron chi connectivity index (χ2n) is 8.87. The minimum atomic E-state index is -0.797. The standard InChI is InChI=1S/C29H31ClN2O4/c1-35-25-15-11-22(12-16-25)20-32(27(33)18-21-9-13-24(30)14-10-21)28(23-6-3-2-4-7-23)29(34)31-19-26-8-5-17-36-26/h2-4,6-7,9-16,26,28H,5,8,17-20H2,1H3,(H,31,34)/t26-,28+/m1/s1. The second-order valence-corrected chi connectivity index (χ2v) is 9.30. The van der Waals surface area contributed by atoms with Crippen LogP contribution in [0.25, 0.3) is 0 Å². The summed E-state index contributed by atoms with van der Waals surface area (Å²) in [6.07, 6.45) is 2.06. The van der Waals surface area contributed by atoms with Crippen LogP contribution in [0.3, 0.4) is 0 Å². The number of hydrogen-bond donors (Lipinski definition) is 1. The molecule has 3 aromatic carbocycles. The molecule has 0 spiro atoms. The van der Waals surface area contributed by atoms with Gasteiger partial charge in [-0.05, 0) is 53.8 Å². The molecule has 0 bridgehead atoms. The van der Waals surface area contributed by atoms with Gasteiger partial charge in [-0.2, -0.15) is 0 Å². The monoisotopic (exact) mass is 506 g/mol. The first kappa shape index (κ1) is 25.7. The van der Waals surface area contributed by atoms with Gasteiger partial charge in [0.25, 0.3) is 0 Å². The highest BCUT2D eigenvalue weighted by Crippen LogP contribution is 2.26. The van der Waals surface area contributed by atoms with Crippen LogP contribution in [0.1, 0.15) is 35.6 Å². The lowest BCUT2D eigenvalue weighted by atomic mass is 10.0. The summed E-state index contributed by atoms with van der Waals surface area (Å²) in [5, 5.41) is 3.65. The molecule has 1 fully saturated rings. The van der Waals surface area contributed by atoms with Gasteiger partial charge in [-0.1, -0.05) is 66.2 Å². The minimum absolute atomic E-state index is 0.00480. The Morgan fingerprint density at radius 3 is 2.36 bits per heavy atom. The van der Waals surface area contributed by atoms with E-state index in [1.807, 2.05) is 66.7 Å². The Labute approximate surface area is 217 Å². The van der Waals surface area contributed by atoms with Crippen molar-refractivity contribution in [3.63, 3.8) is 0 Å². The first-order valence-electron chi connectivity index (χ1n) is 12.1. The lowest BCUT2D eigenvalue weighted by Crippen LogP contribution is -2.45. The Balaban J connectivity index is 1.64. The topological polar surface area (TPSA) is 67.9 Å². The molecule has 3 aromatic rings. The van der Waals surface area contributed by atoms with Gasteiger partial charge in [-0.3, -0.25) is 9.59 Å². The molecule has 1 aliphatic rings. The summed E-state index contributed by atoms with van der Waals surface area (Å²) in [4.78, 5) is 29.1. The fourth-order valence-corrected chi connectivity index (χ4v) is 4.48. The summed E-state index contributed by atoms with van der Waals surface area (Å²) < 4.78 is 11.0. The van der Waals surface area contributed by atoms with Crippen molar-refractivity contribution < 1.29 is 19.1 Å². The summed E-state index contributed by atoms with van der Waals surface area (Å²) in [5.41, 5.74) is 2.48. The molecule has 4 rings (SSSR count). The number of rotatable bonds is 10. The highest BCUT2D eigenvalue weighted by Gasteiger charge is 2.32. The third-order valence-corrected chi connectivity index (χ3v) is 6.56. The number of carbonyl (C=O) groups excluding carboxylic acids is 2. The smallest absolute Gasteiger partial charge is 0.247 e. The summed E-state index contributed by atoms with van der Waals surface area (Å²) in [6.45, 7) is 1.40. The number of carbonyl (C=O) groups is 2. The first-order valence-corrected chi connectivity index (χ1v) is 12.5. The SMILES string of the molecule is COc1ccc(CN(C(=O)Cc2ccc(Cl)cc2)[C@H](C(=O)NC[C@H]2CCCO2)c2ccccc2)cc1. The first-order chi connectivity index (χ1) is 17.5. The average molecular weight is 507 g/mol. The number of ether oxygens (including phenoxy) is 2. The van der Waals surface area contributed by atoms with Crippen LogP contribution >= 0.6 is 11.6 Å². The molecule has 1 aliphatic heterocycles. The molecule has 0 aliphatic carbocycles. The maximum absolute atomic E-state index is 13.8. The number of halogens is 1. The Morgan fingerprint density at radius 2 is 1.72 bits per heavy atom. The zero-order valence-electron chi connectivity index (χ0n) is 20.4. The van der Waals surface area contributed by atoms with Crippen LogP contribution in [0.2, 0.25) is 5.02 Å². The van der Waals surface area contributed by atoms with E-state index in [1.54, 1.807) is 24.1 Å². The van der Waals surface area contributed by atoms with E-state index in [4.69, 9.17) is 21.1 Å². The van der Waals surface area contributed by atoms with Gasteiger partial charge in [0.1, 0.15) is 11.8 Å². The van der Waals surface area contributed by atoms with Crippen LogP contribution in [-0.4, -0.2) is 43.1 Å². The molecule has 2 amide bonds. The molecule has 1 saturated heterocycles. The van der Waals surface area contributed by atoms with E-state index < -0.39 is 6.04 Å². The molecular formula is C29H31ClN2O4. The predicted octanol–water partition coefficient (Wildman–Crippen LogP) is 4.96. The number of nitrogens with one attached hydrogen (secondary N) is 1. The molecule has 6 nitrogen and oxygen atoms in total. The maximum Gasteiger partial charge on any atom is 0.247 e. The van der Waals surface area contributed by atoms with E-state index in [0.717, 1.165) is 35.3 Å². The van der Waals surface area contributed by atoms with Gasteiger partial charge in [0.05, 0.1) is 19.6 Å². The highest BCUT2D eigenvalue weighted by atomic mass is 35.5. The zero-order chi connectivity index (χ0) is 25.3. The van der Waals surface area contributed by atoms with Crippen LogP contribution in [-0.2, 0) is 27.3 Å². The van der Waals surface area contributed by atoms with Crippen LogP contribution < -0.4 is 10.1 Å².